The van der Waals surface area contributed by atoms with Gasteiger partial charge in [0.25, 0.3) is 0 Å². The molecule has 0 saturated carbocycles. The van der Waals surface area contributed by atoms with Crippen molar-refractivity contribution in [2.75, 3.05) is 25.0 Å². The van der Waals surface area contributed by atoms with Crippen LogP contribution in [0.15, 0.2) is 62.5 Å². The van der Waals surface area contributed by atoms with Crippen molar-refractivity contribution in [3.05, 3.63) is 74.5 Å². The highest BCUT2D eigenvalue weighted by Crippen LogP contribution is 2.31. The maximum absolute atomic E-state index is 13.8. The van der Waals surface area contributed by atoms with Gasteiger partial charge in [-0.25, -0.2) is 0 Å². The molecule has 184 valence electrons. The summed E-state index contributed by atoms with van der Waals surface area (Å²) in [6.07, 6.45) is 4.78. The van der Waals surface area contributed by atoms with E-state index in [0.717, 1.165) is 30.6 Å². The SMILES string of the molecule is Cc1cccc2oc3cc(NCCCN4CCCCC4C)c4c(=O)c5ccccc5c(=O)c4c3[nH]c12. The lowest BCUT2D eigenvalue weighted by molar-refractivity contribution is 0.160. The van der Waals surface area contributed by atoms with Crippen molar-refractivity contribution in [1.82, 2.24) is 9.88 Å². The molecular formula is C30H31N3O3. The fraction of sp³-hybridized carbons (Fsp3) is 0.333. The normalized spacial score (nSPS) is 16.9. The van der Waals surface area contributed by atoms with Crippen molar-refractivity contribution in [3.8, 4) is 0 Å². The van der Waals surface area contributed by atoms with Crippen LogP contribution in [0.3, 0.4) is 0 Å². The van der Waals surface area contributed by atoms with Crippen molar-refractivity contribution in [3.63, 3.8) is 0 Å². The molecule has 36 heavy (non-hydrogen) atoms. The quantitative estimate of drug-likeness (QED) is 0.185. The molecule has 1 aromatic heterocycles. The highest BCUT2D eigenvalue weighted by Gasteiger charge is 2.20. The van der Waals surface area contributed by atoms with Gasteiger partial charge in [-0.2, -0.15) is 0 Å². The molecule has 0 spiro atoms. The zero-order chi connectivity index (χ0) is 24.8. The van der Waals surface area contributed by atoms with E-state index in [-0.39, 0.29) is 10.9 Å². The molecule has 0 amide bonds. The van der Waals surface area contributed by atoms with Crippen LogP contribution in [0, 0.1) is 6.92 Å². The molecule has 6 nitrogen and oxygen atoms in total. The molecule has 1 atom stereocenters. The summed E-state index contributed by atoms with van der Waals surface area (Å²) >= 11 is 0. The molecule has 2 N–H and O–H groups in total. The number of nitrogens with zero attached hydrogens (tertiary/aromatic N) is 1. The van der Waals surface area contributed by atoms with Crippen molar-refractivity contribution >= 4 is 49.4 Å². The van der Waals surface area contributed by atoms with Crippen molar-refractivity contribution in [2.24, 2.45) is 0 Å². The molecule has 5 aromatic rings. The third kappa shape index (κ3) is 3.77. The minimum atomic E-state index is -0.157. The Bertz CT molecular complexity index is 1730. The van der Waals surface area contributed by atoms with E-state index in [0.29, 0.717) is 56.5 Å². The maximum Gasteiger partial charge on any atom is 0.196 e. The average Bonchev–Trinajstić information content (AvgIpc) is 2.89. The van der Waals surface area contributed by atoms with E-state index in [9.17, 15) is 9.59 Å². The van der Waals surface area contributed by atoms with Gasteiger partial charge in [0.2, 0.25) is 0 Å². The lowest BCUT2D eigenvalue weighted by Crippen LogP contribution is -2.38. The van der Waals surface area contributed by atoms with Crippen LogP contribution in [-0.4, -0.2) is 35.6 Å². The molecule has 6 rings (SSSR count). The predicted octanol–water partition coefficient (Wildman–Crippen LogP) is 5.93. The first kappa shape index (κ1) is 22.8. The second-order valence-corrected chi connectivity index (χ2v) is 10.1. The third-order valence-electron chi connectivity index (χ3n) is 7.74. The molecule has 4 aromatic carbocycles. The number of H-pyrrole nitrogens is 1. The maximum atomic E-state index is 13.8. The lowest BCUT2D eigenvalue weighted by Gasteiger charge is -2.33. The van der Waals surface area contributed by atoms with Crippen molar-refractivity contribution in [1.29, 1.82) is 0 Å². The summed E-state index contributed by atoms with van der Waals surface area (Å²) in [5, 5.41) is 5.19. The number of hydrogen-bond donors (Lipinski definition) is 2. The van der Waals surface area contributed by atoms with Gasteiger partial charge in [0.1, 0.15) is 0 Å². The number of hydrogen-bond acceptors (Lipinski definition) is 5. The van der Waals surface area contributed by atoms with Gasteiger partial charge in [0.15, 0.2) is 22.0 Å². The Labute approximate surface area is 208 Å². The van der Waals surface area contributed by atoms with Crippen LogP contribution in [0.5, 0.6) is 0 Å². The zero-order valence-corrected chi connectivity index (χ0v) is 20.8. The molecule has 0 bridgehead atoms. The van der Waals surface area contributed by atoms with Gasteiger partial charge in [0, 0.05) is 41.7 Å². The summed E-state index contributed by atoms with van der Waals surface area (Å²) < 4.78 is 6.28. The summed E-state index contributed by atoms with van der Waals surface area (Å²) in [6, 6.07) is 15.4. The summed E-state index contributed by atoms with van der Waals surface area (Å²) in [6.45, 7) is 7.17. The van der Waals surface area contributed by atoms with Gasteiger partial charge in [-0.1, -0.05) is 42.8 Å². The Kier molecular flexibility index (Phi) is 5.76. The van der Waals surface area contributed by atoms with Crippen LogP contribution >= 0.6 is 0 Å². The van der Waals surface area contributed by atoms with E-state index < -0.39 is 0 Å². The van der Waals surface area contributed by atoms with Gasteiger partial charge in [0.05, 0.1) is 21.8 Å². The molecule has 0 aliphatic carbocycles. The van der Waals surface area contributed by atoms with E-state index >= 15 is 0 Å². The summed E-state index contributed by atoms with van der Waals surface area (Å²) in [5.41, 5.74) is 4.03. The molecule has 1 unspecified atom stereocenters. The van der Waals surface area contributed by atoms with E-state index in [1.807, 2.05) is 31.2 Å². The number of piperidine rings is 1. The number of fused-ring (bicyclic) bond motifs is 5. The summed E-state index contributed by atoms with van der Waals surface area (Å²) in [5.74, 6) is 0. The van der Waals surface area contributed by atoms with Crippen LogP contribution in [0.4, 0.5) is 5.69 Å². The Morgan fingerprint density at radius 2 is 1.75 bits per heavy atom. The Morgan fingerprint density at radius 1 is 0.972 bits per heavy atom. The molecule has 1 aliphatic rings. The smallest absolute Gasteiger partial charge is 0.196 e. The van der Waals surface area contributed by atoms with Gasteiger partial charge in [-0.05, 0) is 51.3 Å². The number of nitrogens with one attached hydrogen (secondary N) is 2. The predicted molar refractivity (Wildman–Crippen MR) is 148 cm³/mol. The van der Waals surface area contributed by atoms with Crippen LogP contribution in [0.2, 0.25) is 0 Å². The molecule has 1 aliphatic heterocycles. The molecule has 0 radical (unpaired) electrons. The van der Waals surface area contributed by atoms with E-state index in [2.05, 4.69) is 22.1 Å². The number of anilines is 1. The fourth-order valence-electron chi connectivity index (χ4n) is 5.74. The van der Waals surface area contributed by atoms with Crippen LogP contribution < -0.4 is 16.2 Å². The van der Waals surface area contributed by atoms with E-state index in [1.165, 1.54) is 19.3 Å². The Morgan fingerprint density at radius 3 is 2.53 bits per heavy atom. The molecule has 1 saturated heterocycles. The Balaban J connectivity index is 1.51. The number of rotatable bonds is 5. The van der Waals surface area contributed by atoms with Crippen molar-refractivity contribution in [2.45, 2.75) is 45.6 Å². The molecule has 6 heteroatoms. The van der Waals surface area contributed by atoms with Gasteiger partial charge in [-0.3, -0.25) is 9.59 Å². The van der Waals surface area contributed by atoms with Crippen LogP contribution in [0.25, 0.3) is 43.7 Å². The Hall–Kier alpha value is -3.64. The minimum absolute atomic E-state index is 0.132. The summed E-state index contributed by atoms with van der Waals surface area (Å²) in [4.78, 5) is 33.5. The van der Waals surface area contributed by atoms with Gasteiger partial charge < -0.3 is 19.6 Å². The third-order valence-corrected chi connectivity index (χ3v) is 7.74. The van der Waals surface area contributed by atoms with E-state index in [4.69, 9.17) is 4.42 Å². The second-order valence-electron chi connectivity index (χ2n) is 10.1. The topological polar surface area (TPSA) is 78.3 Å². The number of para-hydroxylation sites is 1. The van der Waals surface area contributed by atoms with Crippen molar-refractivity contribution < 1.29 is 4.42 Å². The molecular weight excluding hydrogens is 450 g/mol. The largest absolute Gasteiger partial charge is 0.453 e. The van der Waals surface area contributed by atoms with Gasteiger partial charge >= 0.3 is 0 Å². The lowest BCUT2D eigenvalue weighted by atomic mass is 9.99. The van der Waals surface area contributed by atoms with Crippen LogP contribution in [-0.2, 0) is 0 Å². The fourth-order valence-corrected chi connectivity index (χ4v) is 5.74. The number of likely N-dealkylation sites (tertiary alicyclic amines) is 1. The second kappa shape index (κ2) is 9.10. The standard InChI is InChI=1S/C30H31N3O3/c1-18-9-7-13-23-27(18)32-28-24(36-23)17-22(31-14-8-16-33-15-6-5-10-19(33)2)25-26(28)30(35)21-12-4-3-11-20(21)29(25)34/h3-4,7,9,11-13,17,19,31-32H,5-6,8,10,14-16H2,1-2H3. The number of benzene rings is 4. The highest BCUT2D eigenvalue weighted by molar-refractivity contribution is 6.14. The van der Waals surface area contributed by atoms with Crippen LogP contribution in [0.1, 0.15) is 38.2 Å². The average molecular weight is 482 g/mol. The zero-order valence-electron chi connectivity index (χ0n) is 20.8. The van der Waals surface area contributed by atoms with E-state index in [1.54, 1.807) is 24.3 Å². The number of aromatic nitrogens is 1. The highest BCUT2D eigenvalue weighted by atomic mass is 16.3. The molecule has 2 heterocycles. The van der Waals surface area contributed by atoms with Gasteiger partial charge in [-0.15, -0.1) is 0 Å². The minimum Gasteiger partial charge on any atom is -0.453 e. The number of aromatic amines is 1. The molecule has 1 fully saturated rings. The first-order chi connectivity index (χ1) is 17.5. The monoisotopic (exact) mass is 481 g/mol. The summed E-state index contributed by atoms with van der Waals surface area (Å²) in [7, 11) is 0. The first-order valence-corrected chi connectivity index (χ1v) is 12.9. The first-order valence-electron chi connectivity index (χ1n) is 12.9. The number of aryl methyl sites for hydroxylation is 1.